The van der Waals surface area contributed by atoms with E-state index < -0.39 is 12.3 Å². The van der Waals surface area contributed by atoms with Crippen LogP contribution in [-0.2, 0) is 18.4 Å². The summed E-state index contributed by atoms with van der Waals surface area (Å²) in [4.78, 5) is 21.4. The maximum atomic E-state index is 12.9. The van der Waals surface area contributed by atoms with Crippen molar-refractivity contribution in [2.75, 3.05) is 38.0 Å². The fourth-order valence-corrected chi connectivity index (χ4v) is 5.35. The quantitative estimate of drug-likeness (QED) is 0.520. The van der Waals surface area contributed by atoms with E-state index in [1.165, 1.54) is 25.0 Å². The number of carbonyl (C=O) groups excluding carboxylic acids is 1. The molecule has 0 atom stereocenters. The summed E-state index contributed by atoms with van der Waals surface area (Å²) in [6.45, 7) is 4.35. The number of fused-ring (bicyclic) bond motifs is 1. The zero-order chi connectivity index (χ0) is 25.1. The van der Waals surface area contributed by atoms with Crippen LogP contribution in [0.25, 0.3) is 21.9 Å². The van der Waals surface area contributed by atoms with Gasteiger partial charge >= 0.3 is 0 Å². The third-order valence-corrected chi connectivity index (χ3v) is 7.54. The van der Waals surface area contributed by atoms with Gasteiger partial charge in [-0.2, -0.15) is 5.10 Å². The van der Waals surface area contributed by atoms with E-state index in [1.807, 2.05) is 35.0 Å². The minimum Gasteiger partial charge on any atom is -0.310 e. The van der Waals surface area contributed by atoms with Crippen LogP contribution in [0.1, 0.15) is 37.8 Å². The third-order valence-electron chi connectivity index (χ3n) is 7.54. The van der Waals surface area contributed by atoms with Gasteiger partial charge in [0.25, 0.3) is 0 Å². The number of hydrogen-bond donors (Lipinski definition) is 1. The fourth-order valence-electron chi connectivity index (χ4n) is 5.35. The molecule has 0 radical (unpaired) electrons. The van der Waals surface area contributed by atoms with Crippen molar-refractivity contribution in [2.24, 2.45) is 13.0 Å². The van der Waals surface area contributed by atoms with Gasteiger partial charge in [0.1, 0.15) is 5.82 Å². The van der Waals surface area contributed by atoms with E-state index in [0.717, 1.165) is 41.5 Å². The van der Waals surface area contributed by atoms with Crippen molar-refractivity contribution >= 4 is 22.5 Å². The van der Waals surface area contributed by atoms with Crippen molar-refractivity contribution in [1.82, 2.24) is 24.6 Å². The highest BCUT2D eigenvalue weighted by Gasteiger charge is 2.27. The summed E-state index contributed by atoms with van der Waals surface area (Å²) in [5.41, 5.74) is 3.42. The van der Waals surface area contributed by atoms with Gasteiger partial charge < -0.3 is 5.32 Å². The second-order valence-corrected chi connectivity index (χ2v) is 10.1. The Bertz CT molecular complexity index is 1200. The number of nitrogens with zero attached hydrogens (tertiary/aromatic N) is 5. The molecular formula is C27H34F2N6O. The molecule has 2 aromatic heterocycles. The number of nitrogens with one attached hydrogen (secondary N) is 1. The van der Waals surface area contributed by atoms with Gasteiger partial charge in [0.2, 0.25) is 12.3 Å². The molecule has 2 fully saturated rings. The van der Waals surface area contributed by atoms with Gasteiger partial charge in [-0.25, -0.2) is 13.8 Å². The summed E-state index contributed by atoms with van der Waals surface area (Å²) in [6.07, 6.45) is 6.08. The summed E-state index contributed by atoms with van der Waals surface area (Å²) in [6, 6.07) is 8.16. The SMILES string of the molecule is Cn1ncc(-c2ccc3cnc(NC(=O)CN4CCC(C(F)F)CC4)cc3c2)c1CN1CCCCC1. The lowest BCUT2D eigenvalue weighted by molar-refractivity contribution is -0.117. The molecule has 5 rings (SSSR count). The molecule has 3 aromatic rings. The Kier molecular flexibility index (Phi) is 7.57. The number of aryl methyl sites for hydroxylation is 1. The monoisotopic (exact) mass is 496 g/mol. The van der Waals surface area contributed by atoms with Crippen LogP contribution >= 0.6 is 0 Å². The zero-order valence-electron chi connectivity index (χ0n) is 20.8. The van der Waals surface area contributed by atoms with Crippen molar-refractivity contribution in [2.45, 2.75) is 45.1 Å². The smallest absolute Gasteiger partial charge is 0.241 e. The van der Waals surface area contributed by atoms with Crippen molar-refractivity contribution in [3.05, 3.63) is 42.4 Å². The van der Waals surface area contributed by atoms with Crippen LogP contribution < -0.4 is 5.32 Å². The molecule has 0 saturated carbocycles. The number of rotatable bonds is 7. The number of hydrogen-bond acceptors (Lipinski definition) is 5. The number of pyridine rings is 1. The molecule has 1 amide bonds. The van der Waals surface area contributed by atoms with Gasteiger partial charge in [0.05, 0.1) is 18.4 Å². The van der Waals surface area contributed by atoms with E-state index in [4.69, 9.17) is 0 Å². The molecular weight excluding hydrogens is 462 g/mol. The Morgan fingerprint density at radius 2 is 1.81 bits per heavy atom. The maximum absolute atomic E-state index is 12.9. The first-order valence-electron chi connectivity index (χ1n) is 12.9. The van der Waals surface area contributed by atoms with E-state index >= 15 is 0 Å². The number of piperidine rings is 2. The van der Waals surface area contributed by atoms with Crippen molar-refractivity contribution in [1.29, 1.82) is 0 Å². The number of likely N-dealkylation sites (tertiary alicyclic amines) is 2. The minimum atomic E-state index is -2.28. The third kappa shape index (κ3) is 5.73. The molecule has 0 bridgehead atoms. The first-order chi connectivity index (χ1) is 17.5. The summed E-state index contributed by atoms with van der Waals surface area (Å²) in [5.74, 6) is -0.239. The Morgan fingerprint density at radius 3 is 2.56 bits per heavy atom. The molecule has 2 saturated heterocycles. The Balaban J connectivity index is 1.28. The Hall–Kier alpha value is -2.91. The van der Waals surface area contributed by atoms with Crippen LogP contribution in [0, 0.1) is 5.92 Å². The summed E-state index contributed by atoms with van der Waals surface area (Å²) < 4.78 is 27.7. The molecule has 1 N–H and O–H groups in total. The molecule has 192 valence electrons. The van der Waals surface area contributed by atoms with Gasteiger partial charge in [-0.15, -0.1) is 0 Å². The van der Waals surface area contributed by atoms with Crippen LogP contribution in [0.3, 0.4) is 0 Å². The number of halogens is 2. The van der Waals surface area contributed by atoms with E-state index in [-0.39, 0.29) is 12.5 Å². The highest BCUT2D eigenvalue weighted by atomic mass is 19.3. The molecule has 0 unspecified atom stereocenters. The Morgan fingerprint density at radius 1 is 1.03 bits per heavy atom. The van der Waals surface area contributed by atoms with Crippen LogP contribution in [0.15, 0.2) is 36.7 Å². The van der Waals surface area contributed by atoms with E-state index in [2.05, 4.69) is 32.4 Å². The lowest BCUT2D eigenvalue weighted by Crippen LogP contribution is -2.40. The first kappa shape index (κ1) is 24.8. The second-order valence-electron chi connectivity index (χ2n) is 10.1. The highest BCUT2D eigenvalue weighted by molar-refractivity contribution is 5.95. The second kappa shape index (κ2) is 11.0. The van der Waals surface area contributed by atoms with Gasteiger partial charge in [-0.05, 0) is 74.9 Å². The average molecular weight is 497 g/mol. The summed E-state index contributed by atoms with van der Waals surface area (Å²) in [5, 5.41) is 9.40. The number of alkyl halides is 2. The van der Waals surface area contributed by atoms with E-state index in [9.17, 15) is 13.6 Å². The zero-order valence-corrected chi connectivity index (χ0v) is 20.8. The normalized spacial score (nSPS) is 18.2. The van der Waals surface area contributed by atoms with Crippen LogP contribution in [0.2, 0.25) is 0 Å². The summed E-state index contributed by atoms with van der Waals surface area (Å²) >= 11 is 0. The molecule has 0 aliphatic carbocycles. The fraction of sp³-hybridized carbons (Fsp3) is 0.519. The number of carbonyl (C=O) groups is 1. The Labute approximate surface area is 210 Å². The lowest BCUT2D eigenvalue weighted by Gasteiger charge is -2.30. The van der Waals surface area contributed by atoms with Crippen LogP contribution in [-0.4, -0.2) is 69.6 Å². The predicted molar refractivity (Wildman–Crippen MR) is 137 cm³/mol. The van der Waals surface area contributed by atoms with Crippen molar-refractivity contribution in [3.63, 3.8) is 0 Å². The number of anilines is 1. The number of benzene rings is 1. The average Bonchev–Trinajstić information content (AvgIpc) is 3.24. The molecule has 4 heterocycles. The van der Waals surface area contributed by atoms with Crippen LogP contribution in [0.5, 0.6) is 0 Å². The van der Waals surface area contributed by atoms with Gasteiger partial charge in [0.15, 0.2) is 0 Å². The van der Waals surface area contributed by atoms with Gasteiger partial charge in [0, 0.05) is 36.7 Å². The van der Waals surface area contributed by atoms with Gasteiger partial charge in [-0.3, -0.25) is 19.3 Å². The maximum Gasteiger partial charge on any atom is 0.241 e. The largest absolute Gasteiger partial charge is 0.310 e. The highest BCUT2D eigenvalue weighted by Crippen LogP contribution is 2.29. The van der Waals surface area contributed by atoms with E-state index in [0.29, 0.717) is 31.7 Å². The number of amides is 1. The molecule has 2 aliphatic rings. The van der Waals surface area contributed by atoms with Gasteiger partial charge in [-0.1, -0.05) is 18.6 Å². The topological polar surface area (TPSA) is 66.3 Å². The molecule has 7 nitrogen and oxygen atoms in total. The van der Waals surface area contributed by atoms with Crippen molar-refractivity contribution in [3.8, 4) is 11.1 Å². The molecule has 36 heavy (non-hydrogen) atoms. The molecule has 1 aromatic carbocycles. The number of aromatic nitrogens is 3. The predicted octanol–water partition coefficient (Wildman–Crippen LogP) is 4.54. The summed E-state index contributed by atoms with van der Waals surface area (Å²) in [7, 11) is 2.00. The molecule has 2 aliphatic heterocycles. The molecule has 9 heteroatoms. The lowest BCUT2D eigenvalue weighted by atomic mass is 9.97. The standard InChI is InChI=1S/C27H34F2N6O/c1-33-24(17-34-9-3-2-4-10-34)23(16-31-33)20-5-6-21-15-30-25(14-22(21)13-20)32-26(36)18-35-11-7-19(8-12-35)27(28)29/h5-6,13-16,19,27H,2-4,7-12,17-18H2,1H3,(H,30,32,36). The molecule has 0 spiro atoms. The van der Waals surface area contributed by atoms with Crippen LogP contribution in [0.4, 0.5) is 14.6 Å². The first-order valence-corrected chi connectivity index (χ1v) is 12.9. The van der Waals surface area contributed by atoms with E-state index in [1.54, 1.807) is 6.20 Å². The minimum absolute atomic E-state index is 0.176. The van der Waals surface area contributed by atoms with Crippen molar-refractivity contribution < 1.29 is 13.6 Å².